The Morgan fingerprint density at radius 3 is 2.50 bits per heavy atom. The van der Waals surface area contributed by atoms with E-state index < -0.39 is 0 Å². The minimum Gasteiger partial charge on any atom is -0.343 e. The van der Waals surface area contributed by atoms with E-state index in [-0.39, 0.29) is 5.91 Å². The smallest absolute Gasteiger partial charge is 0.223 e. The molecule has 0 aliphatic carbocycles. The van der Waals surface area contributed by atoms with Gasteiger partial charge in [-0.3, -0.25) is 4.79 Å². The highest BCUT2D eigenvalue weighted by Crippen LogP contribution is 2.02. The van der Waals surface area contributed by atoms with Crippen LogP contribution in [-0.4, -0.2) is 49.6 Å². The van der Waals surface area contributed by atoms with E-state index in [0.29, 0.717) is 12.5 Å². The number of amides is 1. The highest BCUT2D eigenvalue weighted by atomic mass is 16.2. The first-order valence-electron chi connectivity index (χ1n) is 6.49. The van der Waals surface area contributed by atoms with Crippen molar-refractivity contribution in [2.45, 2.75) is 39.2 Å². The Balaban J connectivity index is 2.11. The van der Waals surface area contributed by atoms with E-state index in [2.05, 4.69) is 10.6 Å². The third-order valence-corrected chi connectivity index (χ3v) is 3.23. The van der Waals surface area contributed by atoms with Crippen LogP contribution in [0.25, 0.3) is 0 Å². The minimum atomic E-state index is 0.270. The van der Waals surface area contributed by atoms with Gasteiger partial charge in [-0.1, -0.05) is 0 Å². The van der Waals surface area contributed by atoms with Crippen LogP contribution in [0.3, 0.4) is 0 Å². The van der Waals surface area contributed by atoms with Crippen molar-refractivity contribution in [1.29, 1.82) is 0 Å². The van der Waals surface area contributed by atoms with E-state index >= 15 is 0 Å². The summed E-state index contributed by atoms with van der Waals surface area (Å²) in [5, 5.41) is 6.80. The lowest BCUT2D eigenvalue weighted by atomic mass is 10.1. The molecule has 1 heterocycles. The van der Waals surface area contributed by atoms with Crippen LogP contribution in [0.1, 0.15) is 33.1 Å². The number of hydrogen-bond acceptors (Lipinski definition) is 3. The first-order valence-corrected chi connectivity index (χ1v) is 6.49. The van der Waals surface area contributed by atoms with Gasteiger partial charge in [-0.15, -0.1) is 0 Å². The zero-order valence-electron chi connectivity index (χ0n) is 10.6. The molecule has 94 valence electrons. The van der Waals surface area contributed by atoms with E-state index in [1.54, 1.807) is 0 Å². The van der Waals surface area contributed by atoms with Crippen LogP contribution in [0, 0.1) is 0 Å². The summed E-state index contributed by atoms with van der Waals surface area (Å²) in [6.07, 6.45) is 2.99. The van der Waals surface area contributed by atoms with Crippen molar-refractivity contribution in [3.05, 3.63) is 0 Å². The Bertz CT molecular complexity index is 198. The highest BCUT2D eigenvalue weighted by molar-refractivity contribution is 5.76. The monoisotopic (exact) mass is 227 g/mol. The van der Waals surface area contributed by atoms with Crippen LogP contribution in [-0.2, 0) is 4.79 Å². The SMILES string of the molecule is CCN(CC)C(=O)CCNC1CCNCC1. The van der Waals surface area contributed by atoms with Crippen molar-refractivity contribution in [2.75, 3.05) is 32.7 Å². The first kappa shape index (κ1) is 13.5. The summed E-state index contributed by atoms with van der Waals surface area (Å²) in [7, 11) is 0. The predicted octanol–water partition coefficient (Wildman–Crippen LogP) is 0.587. The van der Waals surface area contributed by atoms with Crippen molar-refractivity contribution in [1.82, 2.24) is 15.5 Å². The average Bonchev–Trinajstić information content (AvgIpc) is 2.32. The Morgan fingerprint density at radius 1 is 1.31 bits per heavy atom. The fraction of sp³-hybridized carbons (Fsp3) is 0.917. The third-order valence-electron chi connectivity index (χ3n) is 3.23. The zero-order valence-corrected chi connectivity index (χ0v) is 10.6. The molecule has 0 spiro atoms. The van der Waals surface area contributed by atoms with Crippen molar-refractivity contribution < 1.29 is 4.79 Å². The van der Waals surface area contributed by atoms with E-state index in [1.165, 1.54) is 12.8 Å². The van der Waals surface area contributed by atoms with Crippen LogP contribution >= 0.6 is 0 Å². The normalized spacial score (nSPS) is 17.4. The van der Waals surface area contributed by atoms with Crippen LogP contribution in [0.2, 0.25) is 0 Å². The summed E-state index contributed by atoms with van der Waals surface area (Å²) in [6.45, 7) is 8.72. The molecular weight excluding hydrogens is 202 g/mol. The van der Waals surface area contributed by atoms with Gasteiger partial charge in [0.1, 0.15) is 0 Å². The van der Waals surface area contributed by atoms with Gasteiger partial charge < -0.3 is 15.5 Å². The zero-order chi connectivity index (χ0) is 11.8. The molecule has 1 amide bonds. The van der Waals surface area contributed by atoms with Crippen molar-refractivity contribution in [2.24, 2.45) is 0 Å². The molecule has 0 aromatic rings. The molecule has 4 heteroatoms. The maximum atomic E-state index is 11.7. The number of nitrogens with zero attached hydrogens (tertiary/aromatic N) is 1. The summed E-state index contributed by atoms with van der Waals surface area (Å²) in [5.41, 5.74) is 0. The minimum absolute atomic E-state index is 0.270. The van der Waals surface area contributed by atoms with Gasteiger partial charge in [0.15, 0.2) is 0 Å². The fourth-order valence-corrected chi connectivity index (χ4v) is 2.14. The van der Waals surface area contributed by atoms with E-state index in [1.807, 2.05) is 18.7 Å². The second-order valence-corrected chi connectivity index (χ2v) is 4.29. The maximum absolute atomic E-state index is 11.7. The number of piperidine rings is 1. The number of hydrogen-bond donors (Lipinski definition) is 2. The quantitative estimate of drug-likeness (QED) is 0.698. The van der Waals surface area contributed by atoms with Gasteiger partial charge in [-0.25, -0.2) is 0 Å². The molecular formula is C12H25N3O. The molecule has 0 aromatic carbocycles. The molecule has 2 N–H and O–H groups in total. The predicted molar refractivity (Wildman–Crippen MR) is 66.4 cm³/mol. The largest absolute Gasteiger partial charge is 0.343 e. The number of nitrogens with one attached hydrogen (secondary N) is 2. The molecule has 1 aliphatic heterocycles. The molecule has 16 heavy (non-hydrogen) atoms. The first-order chi connectivity index (χ1) is 7.77. The molecule has 0 saturated carbocycles. The summed E-state index contributed by atoms with van der Waals surface area (Å²) in [6, 6.07) is 0.603. The van der Waals surface area contributed by atoms with Gasteiger partial charge in [-0.2, -0.15) is 0 Å². The van der Waals surface area contributed by atoms with E-state index in [0.717, 1.165) is 32.7 Å². The Hall–Kier alpha value is -0.610. The van der Waals surface area contributed by atoms with Gasteiger partial charge in [0, 0.05) is 32.1 Å². The molecule has 1 aliphatic rings. The van der Waals surface area contributed by atoms with Crippen LogP contribution in [0.15, 0.2) is 0 Å². The molecule has 4 nitrogen and oxygen atoms in total. The van der Waals surface area contributed by atoms with Crippen molar-refractivity contribution in [3.8, 4) is 0 Å². The second-order valence-electron chi connectivity index (χ2n) is 4.29. The molecule has 1 rings (SSSR count). The lowest BCUT2D eigenvalue weighted by Gasteiger charge is -2.24. The molecule has 0 radical (unpaired) electrons. The molecule has 0 aromatic heterocycles. The topological polar surface area (TPSA) is 44.4 Å². The Kier molecular flexibility index (Phi) is 6.42. The summed E-state index contributed by atoms with van der Waals surface area (Å²) >= 11 is 0. The number of carbonyl (C=O) groups excluding carboxylic acids is 1. The van der Waals surface area contributed by atoms with Gasteiger partial charge >= 0.3 is 0 Å². The number of carbonyl (C=O) groups is 1. The average molecular weight is 227 g/mol. The maximum Gasteiger partial charge on any atom is 0.223 e. The van der Waals surface area contributed by atoms with Gasteiger partial charge in [0.25, 0.3) is 0 Å². The lowest BCUT2D eigenvalue weighted by molar-refractivity contribution is -0.130. The Labute approximate surface area is 98.8 Å². The van der Waals surface area contributed by atoms with Gasteiger partial charge in [0.2, 0.25) is 5.91 Å². The summed E-state index contributed by atoms with van der Waals surface area (Å²) in [4.78, 5) is 13.6. The molecule has 1 saturated heterocycles. The van der Waals surface area contributed by atoms with Crippen molar-refractivity contribution in [3.63, 3.8) is 0 Å². The standard InChI is InChI=1S/C12H25N3O/c1-3-15(4-2)12(16)7-10-14-11-5-8-13-9-6-11/h11,13-14H,3-10H2,1-2H3. The van der Waals surface area contributed by atoms with E-state index in [9.17, 15) is 4.79 Å². The third kappa shape index (κ3) is 4.49. The number of rotatable bonds is 6. The Morgan fingerprint density at radius 2 is 1.94 bits per heavy atom. The van der Waals surface area contributed by atoms with Crippen LogP contribution in [0.4, 0.5) is 0 Å². The van der Waals surface area contributed by atoms with Gasteiger partial charge in [0.05, 0.1) is 0 Å². The van der Waals surface area contributed by atoms with E-state index in [4.69, 9.17) is 0 Å². The molecule has 0 atom stereocenters. The molecule has 1 fully saturated rings. The van der Waals surface area contributed by atoms with Crippen LogP contribution in [0.5, 0.6) is 0 Å². The molecule has 0 unspecified atom stereocenters. The van der Waals surface area contributed by atoms with Gasteiger partial charge in [-0.05, 0) is 39.8 Å². The van der Waals surface area contributed by atoms with Crippen LogP contribution < -0.4 is 10.6 Å². The second kappa shape index (κ2) is 7.63. The summed E-state index contributed by atoms with van der Waals surface area (Å²) in [5.74, 6) is 0.270. The fourth-order valence-electron chi connectivity index (χ4n) is 2.14. The highest BCUT2D eigenvalue weighted by Gasteiger charge is 2.13. The summed E-state index contributed by atoms with van der Waals surface area (Å²) < 4.78 is 0. The molecule has 0 bridgehead atoms. The van der Waals surface area contributed by atoms with Crippen molar-refractivity contribution >= 4 is 5.91 Å². The lowest BCUT2D eigenvalue weighted by Crippen LogP contribution is -2.41.